The molecule has 1 aromatic carbocycles. The molecule has 0 heterocycles. The van der Waals surface area contributed by atoms with E-state index in [9.17, 15) is 9.18 Å². The number of benzene rings is 1. The molecule has 0 fully saturated rings. The van der Waals surface area contributed by atoms with Gasteiger partial charge in [0, 0.05) is 4.47 Å². The molecule has 4 heteroatoms. The van der Waals surface area contributed by atoms with Crippen molar-refractivity contribution in [2.24, 2.45) is 0 Å². The molecule has 1 atom stereocenters. The smallest absolute Gasteiger partial charge is 0.311 e. The van der Waals surface area contributed by atoms with Gasteiger partial charge in [0.25, 0.3) is 0 Å². The number of carbonyl (C=O) groups is 1. The Morgan fingerprint density at radius 2 is 2.14 bits per heavy atom. The minimum atomic E-state index is -0.991. The van der Waals surface area contributed by atoms with Gasteiger partial charge in [-0.15, -0.1) is 0 Å². The van der Waals surface area contributed by atoms with Gasteiger partial charge >= 0.3 is 5.97 Å². The summed E-state index contributed by atoms with van der Waals surface area (Å²) >= 11 is 3.25. The monoisotopic (exact) mass is 260 g/mol. The second-order valence-electron chi connectivity index (χ2n) is 2.89. The van der Waals surface area contributed by atoms with Crippen LogP contribution in [0.5, 0.6) is 0 Å². The zero-order valence-corrected chi connectivity index (χ0v) is 9.00. The van der Waals surface area contributed by atoms with E-state index in [4.69, 9.17) is 5.11 Å². The molecule has 0 bridgehead atoms. The minimum Gasteiger partial charge on any atom is -0.481 e. The van der Waals surface area contributed by atoms with Crippen LogP contribution in [-0.4, -0.2) is 17.8 Å². The lowest BCUT2D eigenvalue weighted by atomic mass is 9.97. The standard InChI is InChI=1S/C10H10BrFO2/c11-9-4-2-1-3-7(9)8(5-6-12)10(13)14/h1-4,8H,5-6H2,(H,13,14). The molecule has 14 heavy (non-hydrogen) atoms. The maximum Gasteiger partial charge on any atom is 0.311 e. The van der Waals surface area contributed by atoms with E-state index in [2.05, 4.69) is 15.9 Å². The normalized spacial score (nSPS) is 12.4. The van der Waals surface area contributed by atoms with E-state index >= 15 is 0 Å². The van der Waals surface area contributed by atoms with E-state index in [1.807, 2.05) is 0 Å². The van der Waals surface area contributed by atoms with Crippen LogP contribution in [-0.2, 0) is 4.79 Å². The molecule has 0 spiro atoms. The SMILES string of the molecule is O=C(O)C(CCF)c1ccccc1Br. The number of hydrogen-bond acceptors (Lipinski definition) is 1. The van der Waals surface area contributed by atoms with E-state index in [-0.39, 0.29) is 6.42 Å². The van der Waals surface area contributed by atoms with Crippen LogP contribution >= 0.6 is 15.9 Å². The lowest BCUT2D eigenvalue weighted by Gasteiger charge is -2.12. The molecule has 0 aliphatic carbocycles. The van der Waals surface area contributed by atoms with Gasteiger partial charge in [-0.05, 0) is 18.1 Å². The van der Waals surface area contributed by atoms with Crippen LogP contribution in [0.1, 0.15) is 17.9 Å². The first-order valence-corrected chi connectivity index (χ1v) is 4.99. The Hall–Kier alpha value is -0.900. The van der Waals surface area contributed by atoms with Crippen LogP contribution in [0.25, 0.3) is 0 Å². The summed E-state index contributed by atoms with van der Waals surface area (Å²) in [6.07, 6.45) is 0.0119. The topological polar surface area (TPSA) is 37.3 Å². The highest BCUT2D eigenvalue weighted by Crippen LogP contribution is 2.27. The molecular formula is C10H10BrFO2. The maximum atomic E-state index is 12.1. The van der Waals surface area contributed by atoms with Crippen molar-refractivity contribution in [3.05, 3.63) is 34.3 Å². The predicted octanol–water partition coefficient (Wildman–Crippen LogP) is 2.98. The van der Waals surface area contributed by atoms with Crippen molar-refractivity contribution >= 4 is 21.9 Å². The van der Waals surface area contributed by atoms with Crippen LogP contribution in [0, 0.1) is 0 Å². The first-order chi connectivity index (χ1) is 6.66. The molecule has 76 valence electrons. The molecule has 0 aliphatic heterocycles. The Kier molecular flexibility index (Phi) is 4.07. The Labute approximate surface area is 89.9 Å². The number of aliphatic carboxylic acids is 1. The van der Waals surface area contributed by atoms with E-state index in [0.29, 0.717) is 10.0 Å². The molecule has 1 rings (SSSR count). The summed E-state index contributed by atoms with van der Waals surface area (Å²) in [6, 6.07) is 6.98. The van der Waals surface area contributed by atoms with E-state index in [1.165, 1.54) is 0 Å². The zero-order chi connectivity index (χ0) is 10.6. The molecule has 1 unspecified atom stereocenters. The molecule has 0 aliphatic rings. The first kappa shape index (κ1) is 11.2. The van der Waals surface area contributed by atoms with Gasteiger partial charge in [-0.1, -0.05) is 34.1 Å². The van der Waals surface area contributed by atoms with Gasteiger partial charge in [0.2, 0.25) is 0 Å². The summed E-state index contributed by atoms with van der Waals surface area (Å²) in [5, 5.41) is 8.89. The summed E-state index contributed by atoms with van der Waals surface area (Å²) < 4.78 is 12.9. The number of carboxylic acid groups (broad SMARTS) is 1. The summed E-state index contributed by atoms with van der Waals surface area (Å²) in [6.45, 7) is -0.627. The number of carboxylic acids is 1. The van der Waals surface area contributed by atoms with E-state index in [0.717, 1.165) is 0 Å². The van der Waals surface area contributed by atoms with Crippen molar-refractivity contribution in [2.75, 3.05) is 6.67 Å². The highest BCUT2D eigenvalue weighted by atomic mass is 79.9. The summed E-state index contributed by atoms with van der Waals surface area (Å²) in [5.41, 5.74) is 0.623. The average Bonchev–Trinajstić information content (AvgIpc) is 2.15. The van der Waals surface area contributed by atoms with Crippen LogP contribution in [0.3, 0.4) is 0 Å². The van der Waals surface area contributed by atoms with Crippen molar-refractivity contribution in [3.8, 4) is 0 Å². The number of rotatable bonds is 4. The lowest BCUT2D eigenvalue weighted by molar-refractivity contribution is -0.139. The lowest BCUT2D eigenvalue weighted by Crippen LogP contribution is -2.12. The average molecular weight is 261 g/mol. The van der Waals surface area contributed by atoms with E-state index < -0.39 is 18.6 Å². The van der Waals surface area contributed by atoms with Crippen LogP contribution in [0.2, 0.25) is 0 Å². The number of halogens is 2. The van der Waals surface area contributed by atoms with Crippen molar-refractivity contribution in [1.29, 1.82) is 0 Å². The Morgan fingerprint density at radius 1 is 1.50 bits per heavy atom. The summed E-state index contributed by atoms with van der Waals surface area (Å²) in [7, 11) is 0. The van der Waals surface area contributed by atoms with Gasteiger partial charge in [0.15, 0.2) is 0 Å². The van der Waals surface area contributed by atoms with Gasteiger partial charge < -0.3 is 5.11 Å². The number of hydrogen-bond donors (Lipinski definition) is 1. The maximum absolute atomic E-state index is 12.1. The molecule has 0 aromatic heterocycles. The Morgan fingerprint density at radius 3 is 2.64 bits per heavy atom. The van der Waals surface area contributed by atoms with Gasteiger partial charge in [0.05, 0.1) is 12.6 Å². The van der Waals surface area contributed by atoms with Crippen LogP contribution < -0.4 is 0 Å². The molecule has 1 N–H and O–H groups in total. The van der Waals surface area contributed by atoms with Crippen molar-refractivity contribution in [3.63, 3.8) is 0 Å². The zero-order valence-electron chi connectivity index (χ0n) is 7.41. The predicted molar refractivity (Wildman–Crippen MR) is 55.1 cm³/mol. The first-order valence-electron chi connectivity index (χ1n) is 4.20. The fourth-order valence-electron chi connectivity index (χ4n) is 1.28. The van der Waals surface area contributed by atoms with Gasteiger partial charge in [0.1, 0.15) is 0 Å². The van der Waals surface area contributed by atoms with Gasteiger partial charge in [-0.2, -0.15) is 0 Å². The van der Waals surface area contributed by atoms with Gasteiger partial charge in [-0.3, -0.25) is 9.18 Å². The highest BCUT2D eigenvalue weighted by Gasteiger charge is 2.21. The third-order valence-electron chi connectivity index (χ3n) is 1.98. The Bertz CT molecular complexity index is 328. The fraction of sp³-hybridized carbons (Fsp3) is 0.300. The van der Waals surface area contributed by atoms with E-state index in [1.54, 1.807) is 24.3 Å². The van der Waals surface area contributed by atoms with Crippen LogP contribution in [0.4, 0.5) is 4.39 Å². The van der Waals surface area contributed by atoms with Gasteiger partial charge in [-0.25, -0.2) is 0 Å². The molecule has 0 saturated carbocycles. The third-order valence-corrected chi connectivity index (χ3v) is 2.70. The molecule has 0 radical (unpaired) electrons. The van der Waals surface area contributed by atoms with Crippen molar-refractivity contribution in [2.45, 2.75) is 12.3 Å². The summed E-state index contributed by atoms with van der Waals surface area (Å²) in [5.74, 6) is -1.76. The molecule has 0 amide bonds. The molecular weight excluding hydrogens is 251 g/mol. The van der Waals surface area contributed by atoms with Crippen molar-refractivity contribution < 1.29 is 14.3 Å². The molecule has 1 aromatic rings. The highest BCUT2D eigenvalue weighted by molar-refractivity contribution is 9.10. The second kappa shape index (κ2) is 5.10. The third kappa shape index (κ3) is 2.54. The second-order valence-corrected chi connectivity index (χ2v) is 3.74. The summed E-state index contributed by atoms with van der Waals surface area (Å²) in [4.78, 5) is 10.9. The Balaban J connectivity index is 2.99. The molecule has 2 nitrogen and oxygen atoms in total. The number of alkyl halides is 1. The largest absolute Gasteiger partial charge is 0.481 e. The quantitative estimate of drug-likeness (QED) is 0.904. The molecule has 0 saturated heterocycles. The minimum absolute atomic E-state index is 0.0119. The van der Waals surface area contributed by atoms with Crippen molar-refractivity contribution in [1.82, 2.24) is 0 Å². The fourth-order valence-corrected chi connectivity index (χ4v) is 1.84. The van der Waals surface area contributed by atoms with Crippen LogP contribution in [0.15, 0.2) is 28.7 Å².